The number of aliphatic imine (C=N–C) groups is 1. The number of nitrogens with one attached hydrogen (secondary N) is 2. The molecule has 2 aromatic carbocycles. The Bertz CT molecular complexity index is 1150. The Morgan fingerprint density at radius 1 is 1.09 bits per heavy atom. The summed E-state index contributed by atoms with van der Waals surface area (Å²) in [6, 6.07) is 20.5. The highest BCUT2D eigenvalue weighted by atomic mass is 16.1. The van der Waals surface area contributed by atoms with Gasteiger partial charge in [-0.1, -0.05) is 56.7 Å². The minimum Gasteiger partial charge on any atom is -0.331 e. The topological polar surface area (TPSA) is 93.4 Å². The first kappa shape index (κ1) is 23.5. The second-order valence-electron chi connectivity index (χ2n) is 8.70. The molecule has 0 radical (unpaired) electrons. The van der Waals surface area contributed by atoms with Crippen molar-refractivity contribution >= 4 is 23.2 Å². The van der Waals surface area contributed by atoms with Gasteiger partial charge in [0.15, 0.2) is 6.19 Å². The van der Waals surface area contributed by atoms with E-state index in [1.165, 1.54) is 0 Å². The Kier molecular flexibility index (Phi) is 7.42. The number of guanidine groups is 1. The van der Waals surface area contributed by atoms with Gasteiger partial charge in [-0.3, -0.25) is 20.0 Å². The zero-order chi connectivity index (χ0) is 23.8. The molecule has 3 rings (SSSR count). The molecule has 7 nitrogen and oxygen atoms in total. The molecule has 1 amide bonds. The summed E-state index contributed by atoms with van der Waals surface area (Å²) in [6.07, 6.45) is 4.71. The number of hydrogen-bond acceptors (Lipinski definition) is 4. The first-order valence-corrected chi connectivity index (χ1v) is 10.7. The van der Waals surface area contributed by atoms with Gasteiger partial charge in [0.05, 0.1) is 11.9 Å². The van der Waals surface area contributed by atoms with Gasteiger partial charge in [-0.2, -0.15) is 5.26 Å². The predicted molar refractivity (Wildman–Crippen MR) is 131 cm³/mol. The third-order valence-corrected chi connectivity index (χ3v) is 4.94. The molecule has 1 unspecified atom stereocenters. The van der Waals surface area contributed by atoms with Crippen molar-refractivity contribution in [1.29, 1.82) is 5.26 Å². The van der Waals surface area contributed by atoms with Crippen LogP contribution in [0, 0.1) is 23.8 Å². The van der Waals surface area contributed by atoms with Crippen molar-refractivity contribution < 1.29 is 4.79 Å². The normalized spacial score (nSPS) is 12.4. The Balaban J connectivity index is 2.12. The summed E-state index contributed by atoms with van der Waals surface area (Å²) in [4.78, 5) is 23.9. The highest BCUT2D eigenvalue weighted by Crippen LogP contribution is 2.29. The van der Waals surface area contributed by atoms with E-state index in [1.807, 2.05) is 87.3 Å². The summed E-state index contributed by atoms with van der Waals surface area (Å²) in [7, 11) is 0. The van der Waals surface area contributed by atoms with Crippen molar-refractivity contribution in [2.45, 2.75) is 33.9 Å². The molecule has 33 heavy (non-hydrogen) atoms. The molecule has 0 bridgehead atoms. The molecule has 0 fully saturated rings. The SMILES string of the molecule is Cc1cccc(C(=O)NC(N(C(=Nc2cccnc2)NC#N)c2ccccc2)C(C)(C)C)c1. The number of carbonyl (C=O) groups is 1. The number of benzene rings is 2. The van der Waals surface area contributed by atoms with Crippen LogP contribution < -0.4 is 15.5 Å². The Morgan fingerprint density at radius 2 is 1.85 bits per heavy atom. The van der Waals surface area contributed by atoms with Crippen LogP contribution in [0.25, 0.3) is 0 Å². The van der Waals surface area contributed by atoms with E-state index in [-0.39, 0.29) is 11.9 Å². The van der Waals surface area contributed by atoms with Crippen LogP contribution in [0.4, 0.5) is 11.4 Å². The smallest absolute Gasteiger partial charge is 0.252 e. The lowest BCUT2D eigenvalue weighted by atomic mass is 9.90. The van der Waals surface area contributed by atoms with Gasteiger partial charge >= 0.3 is 0 Å². The second-order valence-corrected chi connectivity index (χ2v) is 8.70. The van der Waals surface area contributed by atoms with Gasteiger partial charge in [0.2, 0.25) is 5.96 Å². The average Bonchev–Trinajstić information content (AvgIpc) is 2.79. The summed E-state index contributed by atoms with van der Waals surface area (Å²) in [5.74, 6) is 0.0680. The van der Waals surface area contributed by atoms with Crippen molar-refractivity contribution in [2.24, 2.45) is 10.4 Å². The highest BCUT2D eigenvalue weighted by Gasteiger charge is 2.35. The zero-order valence-electron chi connectivity index (χ0n) is 19.3. The number of rotatable bonds is 5. The summed E-state index contributed by atoms with van der Waals surface area (Å²) < 4.78 is 0. The van der Waals surface area contributed by atoms with Gasteiger partial charge in [0.1, 0.15) is 6.17 Å². The molecule has 168 valence electrons. The maximum atomic E-state index is 13.3. The first-order valence-electron chi connectivity index (χ1n) is 10.7. The third kappa shape index (κ3) is 6.17. The fraction of sp³-hybridized carbons (Fsp3) is 0.231. The van der Waals surface area contributed by atoms with E-state index >= 15 is 0 Å². The van der Waals surface area contributed by atoms with Crippen molar-refractivity contribution in [1.82, 2.24) is 15.6 Å². The van der Waals surface area contributed by atoms with Gasteiger partial charge in [-0.15, -0.1) is 0 Å². The Hall–Kier alpha value is -4.18. The highest BCUT2D eigenvalue weighted by molar-refractivity contribution is 6.01. The van der Waals surface area contributed by atoms with E-state index in [0.29, 0.717) is 11.3 Å². The molecule has 3 aromatic rings. The van der Waals surface area contributed by atoms with Crippen LogP contribution in [0.5, 0.6) is 0 Å². The second kappa shape index (κ2) is 10.4. The number of carbonyl (C=O) groups excluding carboxylic acids is 1. The van der Waals surface area contributed by atoms with Crippen LogP contribution in [0.2, 0.25) is 0 Å². The van der Waals surface area contributed by atoms with Gasteiger partial charge in [-0.25, -0.2) is 4.99 Å². The molecule has 1 aromatic heterocycles. The van der Waals surface area contributed by atoms with Gasteiger partial charge < -0.3 is 5.32 Å². The number of para-hydroxylation sites is 1. The standard InChI is InChI=1S/C26H28N6O/c1-19-10-8-11-20(16-19)23(33)31-24(26(2,3)4)32(22-13-6-5-7-14-22)25(29-18-27)30-21-12-9-15-28-17-21/h5-17,24H,1-4H3,(H,29,30)(H,31,33). The van der Waals surface area contributed by atoms with Crippen LogP contribution in [0.15, 0.2) is 84.1 Å². The van der Waals surface area contributed by atoms with E-state index in [2.05, 4.69) is 20.6 Å². The average molecular weight is 441 g/mol. The lowest BCUT2D eigenvalue weighted by Gasteiger charge is -2.41. The number of pyridine rings is 1. The van der Waals surface area contributed by atoms with Crippen LogP contribution in [0.3, 0.4) is 0 Å². The molecule has 2 N–H and O–H groups in total. The number of aryl methyl sites for hydroxylation is 1. The number of anilines is 1. The van der Waals surface area contributed by atoms with Crippen LogP contribution in [-0.4, -0.2) is 23.0 Å². The van der Waals surface area contributed by atoms with E-state index in [4.69, 9.17) is 0 Å². The monoisotopic (exact) mass is 440 g/mol. The number of nitriles is 1. The van der Waals surface area contributed by atoms with E-state index in [1.54, 1.807) is 30.6 Å². The molecule has 0 aliphatic rings. The van der Waals surface area contributed by atoms with Crippen molar-refractivity contribution in [3.05, 3.63) is 90.3 Å². The molecule has 1 heterocycles. The zero-order valence-corrected chi connectivity index (χ0v) is 19.3. The number of hydrogen-bond donors (Lipinski definition) is 2. The van der Waals surface area contributed by atoms with Crippen LogP contribution >= 0.6 is 0 Å². The van der Waals surface area contributed by atoms with E-state index < -0.39 is 11.6 Å². The quantitative estimate of drug-likeness (QED) is 0.196. The van der Waals surface area contributed by atoms with Crippen LogP contribution in [-0.2, 0) is 0 Å². The molecule has 1 atom stereocenters. The van der Waals surface area contributed by atoms with Crippen molar-refractivity contribution in [3.8, 4) is 6.19 Å². The Morgan fingerprint density at radius 3 is 2.45 bits per heavy atom. The first-order chi connectivity index (χ1) is 15.8. The molecule has 7 heteroatoms. The molecule has 0 saturated carbocycles. The van der Waals surface area contributed by atoms with Crippen molar-refractivity contribution in [3.63, 3.8) is 0 Å². The fourth-order valence-electron chi connectivity index (χ4n) is 3.38. The van der Waals surface area contributed by atoms with Crippen LogP contribution in [0.1, 0.15) is 36.7 Å². The lowest BCUT2D eigenvalue weighted by molar-refractivity contribution is 0.0905. The molecule has 0 aliphatic carbocycles. The summed E-state index contributed by atoms with van der Waals surface area (Å²) in [5.41, 5.74) is 2.49. The molecular weight excluding hydrogens is 412 g/mol. The summed E-state index contributed by atoms with van der Waals surface area (Å²) >= 11 is 0. The predicted octanol–water partition coefficient (Wildman–Crippen LogP) is 4.76. The summed E-state index contributed by atoms with van der Waals surface area (Å²) in [5, 5.41) is 15.4. The lowest BCUT2D eigenvalue weighted by Crippen LogP contribution is -2.59. The number of nitrogens with zero attached hydrogens (tertiary/aromatic N) is 4. The number of amides is 1. The third-order valence-electron chi connectivity index (χ3n) is 4.94. The fourth-order valence-corrected chi connectivity index (χ4v) is 3.38. The minimum absolute atomic E-state index is 0.211. The minimum atomic E-state index is -0.538. The summed E-state index contributed by atoms with van der Waals surface area (Å²) in [6.45, 7) is 8.03. The van der Waals surface area contributed by atoms with Gasteiger partial charge in [0, 0.05) is 22.9 Å². The maximum absolute atomic E-state index is 13.3. The molecule has 0 saturated heterocycles. The van der Waals surface area contributed by atoms with Gasteiger partial charge in [0.25, 0.3) is 5.91 Å². The number of aromatic nitrogens is 1. The van der Waals surface area contributed by atoms with Crippen molar-refractivity contribution in [2.75, 3.05) is 4.90 Å². The Labute approximate surface area is 194 Å². The largest absolute Gasteiger partial charge is 0.331 e. The maximum Gasteiger partial charge on any atom is 0.252 e. The van der Waals surface area contributed by atoms with E-state index in [0.717, 1.165) is 11.3 Å². The molecule has 0 aliphatic heterocycles. The molecule has 0 spiro atoms. The molecular formula is C26H28N6O. The van der Waals surface area contributed by atoms with E-state index in [9.17, 15) is 10.1 Å². The van der Waals surface area contributed by atoms with Gasteiger partial charge in [-0.05, 0) is 43.3 Å².